The van der Waals surface area contributed by atoms with E-state index < -0.39 is 24.6 Å². The fraction of sp³-hybridized carbons (Fsp3) is 0.500. The summed E-state index contributed by atoms with van der Waals surface area (Å²) in [6.07, 6.45) is -3.32. The Labute approximate surface area is 99.2 Å². The Hall–Kier alpha value is -1.14. The summed E-state index contributed by atoms with van der Waals surface area (Å²) in [5, 5.41) is 28.1. The lowest BCUT2D eigenvalue weighted by atomic mass is 10.0. The second-order valence-corrected chi connectivity index (χ2v) is 4.01. The minimum Gasteiger partial charge on any atom is -0.465 e. The van der Waals surface area contributed by atoms with Crippen LogP contribution in [0.2, 0.25) is 0 Å². The molecule has 1 aromatic rings. The van der Waals surface area contributed by atoms with Gasteiger partial charge in [-0.3, -0.25) is 0 Å². The minimum absolute atomic E-state index is 0.173. The molecule has 5 nitrogen and oxygen atoms in total. The van der Waals surface area contributed by atoms with Crippen LogP contribution in [-0.4, -0.2) is 46.5 Å². The molecule has 0 aliphatic carbocycles. The van der Waals surface area contributed by atoms with Crippen LogP contribution < -0.4 is 4.74 Å². The van der Waals surface area contributed by atoms with E-state index in [1.807, 2.05) is 18.2 Å². The molecule has 1 saturated heterocycles. The SMILES string of the molecule is OC[C@H]1O[C@H](Oc2ccccc2)C[C@@H](O)[C@H]1O. The van der Waals surface area contributed by atoms with Gasteiger partial charge in [-0.2, -0.15) is 0 Å². The standard InChI is InChI=1S/C12H16O5/c13-7-10-12(15)9(14)6-11(17-10)16-8-4-2-1-3-5-8/h1-5,9-15H,6-7H2/t9-,10-,11+,12-/m1/s1. The van der Waals surface area contributed by atoms with Gasteiger partial charge in [0, 0.05) is 6.42 Å². The van der Waals surface area contributed by atoms with E-state index in [1.165, 1.54) is 0 Å². The van der Waals surface area contributed by atoms with Crippen LogP contribution in [0.25, 0.3) is 0 Å². The second kappa shape index (κ2) is 5.46. The highest BCUT2D eigenvalue weighted by atomic mass is 16.7. The Morgan fingerprint density at radius 2 is 1.94 bits per heavy atom. The highest BCUT2D eigenvalue weighted by molar-refractivity contribution is 5.21. The van der Waals surface area contributed by atoms with Gasteiger partial charge in [-0.05, 0) is 12.1 Å². The second-order valence-electron chi connectivity index (χ2n) is 4.01. The first-order valence-electron chi connectivity index (χ1n) is 5.55. The minimum atomic E-state index is -1.07. The summed E-state index contributed by atoms with van der Waals surface area (Å²) < 4.78 is 10.8. The van der Waals surface area contributed by atoms with E-state index in [0.29, 0.717) is 5.75 Å². The van der Waals surface area contributed by atoms with Crippen LogP contribution in [0.4, 0.5) is 0 Å². The molecule has 1 aliphatic rings. The Bertz CT molecular complexity index is 342. The van der Waals surface area contributed by atoms with Crippen molar-refractivity contribution < 1.29 is 24.8 Å². The van der Waals surface area contributed by atoms with E-state index in [0.717, 1.165) is 0 Å². The molecular formula is C12H16O5. The van der Waals surface area contributed by atoms with Crippen LogP contribution in [0, 0.1) is 0 Å². The van der Waals surface area contributed by atoms with Crippen molar-refractivity contribution in [1.29, 1.82) is 0 Å². The predicted octanol–water partition coefficient (Wildman–Crippen LogP) is -0.106. The fourth-order valence-corrected chi connectivity index (χ4v) is 1.79. The van der Waals surface area contributed by atoms with E-state index in [2.05, 4.69) is 0 Å². The van der Waals surface area contributed by atoms with Crippen LogP contribution in [0.15, 0.2) is 30.3 Å². The maximum Gasteiger partial charge on any atom is 0.202 e. The molecule has 1 fully saturated rings. The van der Waals surface area contributed by atoms with Crippen LogP contribution in [0.5, 0.6) is 5.75 Å². The van der Waals surface area contributed by atoms with Crippen LogP contribution in [0.1, 0.15) is 6.42 Å². The van der Waals surface area contributed by atoms with Gasteiger partial charge in [0.05, 0.1) is 12.7 Å². The summed E-state index contributed by atoms with van der Waals surface area (Å²) in [5.41, 5.74) is 0. The number of para-hydroxylation sites is 1. The van der Waals surface area contributed by atoms with Crippen molar-refractivity contribution in [2.24, 2.45) is 0 Å². The number of hydrogen-bond donors (Lipinski definition) is 3. The zero-order valence-electron chi connectivity index (χ0n) is 9.27. The molecular weight excluding hydrogens is 224 g/mol. The first-order valence-corrected chi connectivity index (χ1v) is 5.55. The van der Waals surface area contributed by atoms with Crippen LogP contribution in [-0.2, 0) is 4.74 Å². The van der Waals surface area contributed by atoms with Gasteiger partial charge in [0.25, 0.3) is 0 Å². The van der Waals surface area contributed by atoms with Crippen molar-refractivity contribution in [1.82, 2.24) is 0 Å². The third-order valence-corrected chi connectivity index (χ3v) is 2.73. The Balaban J connectivity index is 1.98. The molecule has 5 heteroatoms. The van der Waals surface area contributed by atoms with Gasteiger partial charge in [0.1, 0.15) is 18.0 Å². The van der Waals surface area contributed by atoms with E-state index in [-0.39, 0.29) is 13.0 Å². The monoisotopic (exact) mass is 240 g/mol. The number of aliphatic hydroxyl groups is 3. The molecule has 0 amide bonds. The first-order chi connectivity index (χ1) is 8.20. The number of hydrogen-bond acceptors (Lipinski definition) is 5. The summed E-state index contributed by atoms with van der Waals surface area (Å²) in [5.74, 6) is 0.623. The zero-order valence-corrected chi connectivity index (χ0v) is 9.27. The van der Waals surface area contributed by atoms with Gasteiger partial charge in [0.2, 0.25) is 6.29 Å². The van der Waals surface area contributed by atoms with Crippen molar-refractivity contribution in [3.05, 3.63) is 30.3 Å². The van der Waals surface area contributed by atoms with Crippen LogP contribution in [0.3, 0.4) is 0 Å². The summed E-state index contributed by atoms with van der Waals surface area (Å²) in [7, 11) is 0. The van der Waals surface area contributed by atoms with Crippen molar-refractivity contribution in [3.8, 4) is 5.75 Å². The maximum atomic E-state index is 9.61. The average molecular weight is 240 g/mol. The summed E-state index contributed by atoms with van der Waals surface area (Å²) in [4.78, 5) is 0. The summed E-state index contributed by atoms with van der Waals surface area (Å²) in [6, 6.07) is 9.06. The Morgan fingerprint density at radius 3 is 2.59 bits per heavy atom. The van der Waals surface area contributed by atoms with Crippen LogP contribution >= 0.6 is 0 Å². The molecule has 3 N–H and O–H groups in total. The van der Waals surface area contributed by atoms with Crippen molar-refractivity contribution in [3.63, 3.8) is 0 Å². The van der Waals surface area contributed by atoms with Crippen molar-refractivity contribution in [2.45, 2.75) is 31.0 Å². The molecule has 1 heterocycles. The molecule has 17 heavy (non-hydrogen) atoms. The molecule has 0 spiro atoms. The smallest absolute Gasteiger partial charge is 0.202 e. The number of aliphatic hydroxyl groups excluding tert-OH is 3. The fourth-order valence-electron chi connectivity index (χ4n) is 1.79. The third-order valence-electron chi connectivity index (χ3n) is 2.73. The molecule has 1 aliphatic heterocycles. The van der Waals surface area contributed by atoms with E-state index >= 15 is 0 Å². The van der Waals surface area contributed by atoms with Gasteiger partial charge < -0.3 is 24.8 Å². The number of benzene rings is 1. The zero-order chi connectivity index (χ0) is 12.3. The van der Waals surface area contributed by atoms with Gasteiger partial charge in [-0.1, -0.05) is 18.2 Å². The molecule has 2 rings (SSSR count). The third kappa shape index (κ3) is 2.95. The molecule has 0 saturated carbocycles. The molecule has 0 bridgehead atoms. The summed E-state index contributed by atoms with van der Waals surface area (Å²) in [6.45, 7) is -0.354. The first kappa shape index (κ1) is 12.3. The van der Waals surface area contributed by atoms with Gasteiger partial charge in [0.15, 0.2) is 0 Å². The lowest BCUT2D eigenvalue weighted by molar-refractivity contribution is -0.229. The highest BCUT2D eigenvalue weighted by Crippen LogP contribution is 2.23. The number of ether oxygens (including phenoxy) is 2. The van der Waals surface area contributed by atoms with Crippen molar-refractivity contribution >= 4 is 0 Å². The molecule has 94 valence electrons. The quantitative estimate of drug-likeness (QED) is 0.687. The van der Waals surface area contributed by atoms with Gasteiger partial charge >= 0.3 is 0 Å². The van der Waals surface area contributed by atoms with Crippen molar-refractivity contribution in [2.75, 3.05) is 6.61 Å². The topological polar surface area (TPSA) is 79.2 Å². The molecule has 0 unspecified atom stereocenters. The van der Waals surface area contributed by atoms with E-state index in [1.54, 1.807) is 12.1 Å². The molecule has 0 radical (unpaired) electrons. The molecule has 1 aromatic carbocycles. The lowest BCUT2D eigenvalue weighted by Crippen LogP contribution is -2.51. The highest BCUT2D eigenvalue weighted by Gasteiger charge is 2.37. The summed E-state index contributed by atoms with van der Waals surface area (Å²) >= 11 is 0. The van der Waals surface area contributed by atoms with Gasteiger partial charge in [-0.25, -0.2) is 0 Å². The Morgan fingerprint density at radius 1 is 1.24 bits per heavy atom. The number of rotatable bonds is 3. The Kier molecular flexibility index (Phi) is 3.96. The maximum absolute atomic E-state index is 9.61. The van der Waals surface area contributed by atoms with Gasteiger partial charge in [-0.15, -0.1) is 0 Å². The van der Waals surface area contributed by atoms with E-state index in [4.69, 9.17) is 14.6 Å². The largest absolute Gasteiger partial charge is 0.465 e. The average Bonchev–Trinajstić information content (AvgIpc) is 2.35. The van der Waals surface area contributed by atoms with E-state index in [9.17, 15) is 10.2 Å². The predicted molar refractivity (Wildman–Crippen MR) is 59.4 cm³/mol. The lowest BCUT2D eigenvalue weighted by Gasteiger charge is -2.36. The normalized spacial score (nSPS) is 33.4. The molecule has 4 atom stereocenters. The molecule has 0 aromatic heterocycles.